The van der Waals surface area contributed by atoms with Crippen molar-refractivity contribution < 1.29 is 9.90 Å². The summed E-state index contributed by atoms with van der Waals surface area (Å²) in [6.07, 6.45) is 3.78. The van der Waals surface area contributed by atoms with Crippen LogP contribution < -0.4 is 0 Å². The van der Waals surface area contributed by atoms with E-state index in [0.717, 1.165) is 12.0 Å². The largest absolute Gasteiger partial charge is 0.512 e. The Morgan fingerprint density at radius 2 is 1.93 bits per heavy atom. The molecular formula is C13H20O2. The molecule has 0 spiro atoms. The molecule has 0 aromatic carbocycles. The van der Waals surface area contributed by atoms with Gasteiger partial charge in [-0.2, -0.15) is 0 Å². The number of ketones is 1. The Hall–Kier alpha value is -0.790. The van der Waals surface area contributed by atoms with Crippen molar-refractivity contribution in [3.63, 3.8) is 0 Å². The molecule has 0 amide bonds. The minimum absolute atomic E-state index is 0.00888. The van der Waals surface area contributed by atoms with Gasteiger partial charge in [-0.1, -0.05) is 20.8 Å². The summed E-state index contributed by atoms with van der Waals surface area (Å²) in [5.41, 5.74) is 0.725. The third kappa shape index (κ3) is 2.09. The average Bonchev–Trinajstić information content (AvgIpc) is 2.85. The first-order chi connectivity index (χ1) is 6.89. The zero-order valence-corrected chi connectivity index (χ0v) is 9.84. The minimum atomic E-state index is -0.00888. The lowest BCUT2D eigenvalue weighted by Gasteiger charge is -2.26. The summed E-state index contributed by atoms with van der Waals surface area (Å²) in [5.74, 6) is 1.28. The summed E-state index contributed by atoms with van der Waals surface area (Å²) >= 11 is 0. The summed E-state index contributed by atoms with van der Waals surface area (Å²) in [4.78, 5) is 11.8. The molecule has 2 rings (SSSR count). The summed E-state index contributed by atoms with van der Waals surface area (Å²) in [5, 5.41) is 10.1. The van der Waals surface area contributed by atoms with Gasteiger partial charge in [-0.3, -0.25) is 4.79 Å². The molecule has 84 valence electrons. The van der Waals surface area contributed by atoms with E-state index in [0.29, 0.717) is 18.1 Å². The second kappa shape index (κ2) is 3.36. The van der Waals surface area contributed by atoms with Crippen LogP contribution in [0.2, 0.25) is 0 Å². The molecule has 2 aliphatic rings. The lowest BCUT2D eigenvalue weighted by Crippen LogP contribution is -2.20. The fourth-order valence-corrected chi connectivity index (χ4v) is 2.30. The van der Waals surface area contributed by atoms with E-state index in [1.165, 1.54) is 12.8 Å². The lowest BCUT2D eigenvalue weighted by molar-refractivity contribution is -0.116. The highest BCUT2D eigenvalue weighted by Crippen LogP contribution is 2.44. The van der Waals surface area contributed by atoms with Gasteiger partial charge < -0.3 is 5.11 Å². The van der Waals surface area contributed by atoms with E-state index in [-0.39, 0.29) is 17.1 Å². The number of hydrogen-bond donors (Lipinski definition) is 1. The number of carbonyl (C=O) groups excluding carboxylic acids is 1. The molecule has 0 aromatic rings. The van der Waals surface area contributed by atoms with Gasteiger partial charge in [0, 0.05) is 17.9 Å². The van der Waals surface area contributed by atoms with Crippen LogP contribution in [-0.2, 0) is 4.79 Å². The van der Waals surface area contributed by atoms with E-state index in [2.05, 4.69) is 20.8 Å². The molecule has 0 saturated heterocycles. The van der Waals surface area contributed by atoms with E-state index >= 15 is 0 Å². The first kappa shape index (κ1) is 10.7. The molecule has 0 heterocycles. The van der Waals surface area contributed by atoms with Crippen LogP contribution in [0.25, 0.3) is 0 Å². The highest BCUT2D eigenvalue weighted by atomic mass is 16.3. The van der Waals surface area contributed by atoms with E-state index < -0.39 is 0 Å². The molecule has 1 saturated carbocycles. The second-order valence-corrected chi connectivity index (χ2v) is 6.06. The van der Waals surface area contributed by atoms with Gasteiger partial charge in [-0.05, 0) is 30.6 Å². The van der Waals surface area contributed by atoms with Gasteiger partial charge in [-0.15, -0.1) is 0 Å². The topological polar surface area (TPSA) is 37.3 Å². The smallest absolute Gasteiger partial charge is 0.162 e. The number of carbonyl (C=O) groups is 1. The molecule has 0 aliphatic heterocycles. The van der Waals surface area contributed by atoms with E-state index in [4.69, 9.17) is 0 Å². The van der Waals surface area contributed by atoms with Crippen LogP contribution in [0.3, 0.4) is 0 Å². The van der Waals surface area contributed by atoms with Gasteiger partial charge in [0.2, 0.25) is 0 Å². The maximum Gasteiger partial charge on any atom is 0.162 e. The van der Waals surface area contributed by atoms with Crippen LogP contribution in [0.4, 0.5) is 0 Å². The van der Waals surface area contributed by atoms with Crippen molar-refractivity contribution in [2.75, 3.05) is 0 Å². The SMILES string of the molecule is CC(C)(C)C1CC(=O)C(CC2CC2)=C1O. The van der Waals surface area contributed by atoms with Crippen LogP contribution in [0.5, 0.6) is 0 Å². The van der Waals surface area contributed by atoms with Crippen molar-refractivity contribution in [2.24, 2.45) is 17.3 Å². The van der Waals surface area contributed by atoms with Crippen molar-refractivity contribution in [3.05, 3.63) is 11.3 Å². The maximum atomic E-state index is 11.8. The first-order valence-corrected chi connectivity index (χ1v) is 5.85. The fraction of sp³-hybridized carbons (Fsp3) is 0.769. The monoisotopic (exact) mass is 208 g/mol. The summed E-state index contributed by atoms with van der Waals surface area (Å²) in [6, 6.07) is 0. The third-order valence-corrected chi connectivity index (χ3v) is 3.60. The van der Waals surface area contributed by atoms with Crippen molar-refractivity contribution in [2.45, 2.75) is 46.5 Å². The molecule has 1 fully saturated rings. The number of allylic oxidation sites excluding steroid dienone is 2. The number of rotatable bonds is 2. The lowest BCUT2D eigenvalue weighted by atomic mass is 9.79. The molecule has 0 aromatic heterocycles. The quantitative estimate of drug-likeness (QED) is 0.756. The normalized spacial score (nSPS) is 27.7. The Kier molecular flexibility index (Phi) is 2.40. The van der Waals surface area contributed by atoms with Gasteiger partial charge in [0.1, 0.15) is 5.76 Å². The summed E-state index contributed by atoms with van der Waals surface area (Å²) in [6.45, 7) is 6.25. The Labute approximate surface area is 91.4 Å². The number of aliphatic hydroxyl groups excluding tert-OH is 1. The van der Waals surface area contributed by atoms with Gasteiger partial charge in [-0.25, -0.2) is 0 Å². The Morgan fingerprint density at radius 1 is 1.33 bits per heavy atom. The van der Waals surface area contributed by atoms with E-state index in [1.54, 1.807) is 0 Å². The first-order valence-electron chi connectivity index (χ1n) is 5.85. The van der Waals surface area contributed by atoms with Crippen LogP contribution >= 0.6 is 0 Å². The Morgan fingerprint density at radius 3 is 2.33 bits per heavy atom. The number of aliphatic hydroxyl groups is 1. The van der Waals surface area contributed by atoms with Gasteiger partial charge >= 0.3 is 0 Å². The van der Waals surface area contributed by atoms with Crippen LogP contribution in [0, 0.1) is 17.3 Å². The summed E-state index contributed by atoms with van der Waals surface area (Å²) in [7, 11) is 0. The molecule has 1 atom stereocenters. The van der Waals surface area contributed by atoms with Crippen molar-refractivity contribution in [3.8, 4) is 0 Å². The maximum absolute atomic E-state index is 11.8. The molecular weight excluding hydrogens is 188 g/mol. The van der Waals surface area contributed by atoms with Crippen LogP contribution in [0.1, 0.15) is 46.5 Å². The third-order valence-electron chi connectivity index (χ3n) is 3.60. The Bertz CT molecular complexity index is 316. The molecule has 15 heavy (non-hydrogen) atoms. The fourth-order valence-electron chi connectivity index (χ4n) is 2.30. The standard InChI is InChI=1S/C13H20O2/c1-13(2,3)10-7-11(14)9(12(10)15)6-8-4-5-8/h8,10,15H,4-7H2,1-3H3. The zero-order chi connectivity index (χ0) is 11.2. The molecule has 0 radical (unpaired) electrons. The second-order valence-electron chi connectivity index (χ2n) is 6.06. The van der Waals surface area contributed by atoms with E-state index in [1.807, 2.05) is 0 Å². The molecule has 1 unspecified atom stereocenters. The number of hydrogen-bond acceptors (Lipinski definition) is 2. The highest BCUT2D eigenvalue weighted by molar-refractivity contribution is 5.98. The summed E-state index contributed by atoms with van der Waals surface area (Å²) < 4.78 is 0. The van der Waals surface area contributed by atoms with Crippen molar-refractivity contribution in [1.29, 1.82) is 0 Å². The minimum Gasteiger partial charge on any atom is -0.512 e. The van der Waals surface area contributed by atoms with Crippen molar-refractivity contribution >= 4 is 5.78 Å². The predicted octanol–water partition coefficient (Wildman–Crippen LogP) is 3.23. The zero-order valence-electron chi connectivity index (χ0n) is 9.84. The van der Waals surface area contributed by atoms with Gasteiger partial charge in [0.25, 0.3) is 0 Å². The van der Waals surface area contributed by atoms with Crippen LogP contribution in [-0.4, -0.2) is 10.9 Å². The van der Waals surface area contributed by atoms with Crippen molar-refractivity contribution in [1.82, 2.24) is 0 Å². The molecule has 1 N–H and O–H groups in total. The van der Waals surface area contributed by atoms with Gasteiger partial charge in [0.05, 0.1) is 0 Å². The highest BCUT2D eigenvalue weighted by Gasteiger charge is 2.40. The molecule has 2 heteroatoms. The molecule has 0 bridgehead atoms. The van der Waals surface area contributed by atoms with E-state index in [9.17, 15) is 9.90 Å². The number of Topliss-reactive ketones (excluding diaryl/α,β-unsaturated/α-hetero) is 1. The molecule has 2 nitrogen and oxygen atoms in total. The van der Waals surface area contributed by atoms with Gasteiger partial charge in [0.15, 0.2) is 5.78 Å². The van der Waals surface area contributed by atoms with Crippen LogP contribution in [0.15, 0.2) is 11.3 Å². The average molecular weight is 208 g/mol. The predicted molar refractivity (Wildman–Crippen MR) is 59.6 cm³/mol. The Balaban J connectivity index is 2.18. The molecule has 2 aliphatic carbocycles.